The number of carbonyl (C=O) groups is 2. The molecule has 0 saturated carbocycles. The number of nitro benzene ring substituents is 1. The van der Waals surface area contributed by atoms with Crippen molar-refractivity contribution in [3.8, 4) is 0 Å². The summed E-state index contributed by atoms with van der Waals surface area (Å²) in [6.07, 6.45) is 1.73. The molecule has 0 N–H and O–H groups in total. The number of nitro groups is 1. The van der Waals surface area contributed by atoms with Crippen molar-refractivity contribution in [1.82, 2.24) is 0 Å². The number of para-hydroxylation sites is 1. The van der Waals surface area contributed by atoms with E-state index in [-0.39, 0.29) is 43.6 Å². The Morgan fingerprint density at radius 1 is 1.15 bits per heavy atom. The van der Waals surface area contributed by atoms with Crippen molar-refractivity contribution in [3.05, 3.63) is 39.9 Å². The lowest BCUT2D eigenvalue weighted by Crippen LogP contribution is -2.24. The van der Waals surface area contributed by atoms with Crippen molar-refractivity contribution in [3.63, 3.8) is 0 Å². The van der Waals surface area contributed by atoms with Gasteiger partial charge in [-0.15, -0.1) is 0 Å². The third kappa shape index (κ3) is 7.63. The van der Waals surface area contributed by atoms with E-state index >= 15 is 0 Å². The average molecular weight is 365 g/mol. The minimum atomic E-state index is -0.517. The largest absolute Gasteiger partial charge is 0.465 e. The molecule has 0 aromatic heterocycles. The van der Waals surface area contributed by atoms with E-state index in [4.69, 9.17) is 9.47 Å². The molecule has 26 heavy (non-hydrogen) atoms. The lowest BCUT2D eigenvalue weighted by atomic mass is 10.0. The van der Waals surface area contributed by atoms with Gasteiger partial charge >= 0.3 is 11.9 Å². The number of ether oxygens (including phenoxy) is 2. The Balaban J connectivity index is 2.35. The second kappa shape index (κ2) is 11.2. The highest BCUT2D eigenvalue weighted by Crippen LogP contribution is 2.18. The molecule has 0 radical (unpaired) electrons. The van der Waals surface area contributed by atoms with Crippen molar-refractivity contribution >= 4 is 17.6 Å². The summed E-state index contributed by atoms with van der Waals surface area (Å²) in [5.41, 5.74) is 0.506. The number of hydrogen-bond donors (Lipinski definition) is 0. The highest BCUT2D eigenvalue weighted by Gasteiger charge is 2.18. The van der Waals surface area contributed by atoms with Gasteiger partial charge in [0.2, 0.25) is 0 Å². The van der Waals surface area contributed by atoms with E-state index in [0.29, 0.717) is 5.56 Å². The van der Waals surface area contributed by atoms with Crippen LogP contribution in [0.1, 0.15) is 52.0 Å². The normalized spacial score (nSPS) is 11.8. The van der Waals surface area contributed by atoms with E-state index < -0.39 is 16.9 Å². The lowest BCUT2D eigenvalue weighted by molar-refractivity contribution is -0.385. The van der Waals surface area contributed by atoms with Crippen LogP contribution in [0.5, 0.6) is 0 Å². The van der Waals surface area contributed by atoms with Gasteiger partial charge in [0, 0.05) is 18.1 Å². The van der Waals surface area contributed by atoms with Crippen LogP contribution in [0, 0.1) is 16.0 Å². The molecule has 0 bridgehead atoms. The Morgan fingerprint density at radius 2 is 1.81 bits per heavy atom. The van der Waals surface area contributed by atoms with Gasteiger partial charge < -0.3 is 9.47 Å². The van der Waals surface area contributed by atoms with Crippen LogP contribution in [0.3, 0.4) is 0 Å². The summed E-state index contributed by atoms with van der Waals surface area (Å²) in [4.78, 5) is 34.0. The number of esters is 2. The zero-order valence-corrected chi connectivity index (χ0v) is 15.6. The highest BCUT2D eigenvalue weighted by molar-refractivity contribution is 5.77. The fraction of sp³-hybridized carbons (Fsp3) is 0.579. The molecule has 1 unspecified atom stereocenters. The molecule has 0 heterocycles. The van der Waals surface area contributed by atoms with Gasteiger partial charge in [0.05, 0.1) is 24.4 Å². The Bertz CT molecular complexity index is 614. The minimum absolute atomic E-state index is 0.00257. The zero-order chi connectivity index (χ0) is 19.5. The molecule has 1 aromatic rings. The molecule has 1 atom stereocenters. The molecule has 0 aliphatic heterocycles. The Hall–Kier alpha value is -2.44. The standard InChI is InChI=1S/C19H27NO6/c1-4-7-17(14(2)3)26-19(22)11-10-18(21)25-13-12-15-8-5-6-9-16(15)20(23)24/h5-6,8-9,14,17H,4,7,10-13H2,1-3H3. The topological polar surface area (TPSA) is 95.7 Å². The van der Waals surface area contributed by atoms with Crippen LogP contribution in [-0.2, 0) is 25.5 Å². The number of nitrogens with zero attached hydrogens (tertiary/aromatic N) is 1. The third-order valence-electron chi connectivity index (χ3n) is 3.96. The van der Waals surface area contributed by atoms with Crippen LogP contribution in [0.25, 0.3) is 0 Å². The predicted octanol–water partition coefficient (Wildman–Crippen LogP) is 3.83. The zero-order valence-electron chi connectivity index (χ0n) is 15.6. The molecule has 0 aliphatic carbocycles. The molecule has 0 fully saturated rings. The van der Waals surface area contributed by atoms with E-state index in [2.05, 4.69) is 0 Å². The third-order valence-corrected chi connectivity index (χ3v) is 3.96. The fourth-order valence-electron chi connectivity index (χ4n) is 2.49. The van der Waals surface area contributed by atoms with Crippen molar-refractivity contribution < 1.29 is 24.0 Å². The summed E-state index contributed by atoms with van der Waals surface area (Å²) in [5, 5.41) is 10.9. The maximum atomic E-state index is 11.8. The van der Waals surface area contributed by atoms with Gasteiger partial charge in [-0.1, -0.05) is 45.4 Å². The molecule has 0 aliphatic rings. The minimum Gasteiger partial charge on any atom is -0.465 e. The van der Waals surface area contributed by atoms with E-state index in [9.17, 15) is 19.7 Å². The van der Waals surface area contributed by atoms with Crippen LogP contribution >= 0.6 is 0 Å². The Kier molecular flexibility index (Phi) is 9.33. The van der Waals surface area contributed by atoms with E-state index in [1.165, 1.54) is 6.07 Å². The number of carbonyl (C=O) groups excluding carboxylic acids is 2. The van der Waals surface area contributed by atoms with E-state index in [1.807, 2.05) is 20.8 Å². The Labute approximate surface area is 153 Å². The monoisotopic (exact) mass is 365 g/mol. The first-order valence-electron chi connectivity index (χ1n) is 8.92. The first-order chi connectivity index (χ1) is 12.3. The summed E-state index contributed by atoms with van der Waals surface area (Å²) in [6, 6.07) is 6.32. The van der Waals surface area contributed by atoms with Gasteiger partial charge in [0.25, 0.3) is 5.69 Å². The highest BCUT2D eigenvalue weighted by atomic mass is 16.6. The molecule has 7 nitrogen and oxygen atoms in total. The lowest BCUT2D eigenvalue weighted by Gasteiger charge is -2.20. The fourth-order valence-corrected chi connectivity index (χ4v) is 2.49. The summed E-state index contributed by atoms with van der Waals surface area (Å²) >= 11 is 0. The Morgan fingerprint density at radius 3 is 2.42 bits per heavy atom. The van der Waals surface area contributed by atoms with E-state index in [0.717, 1.165) is 12.8 Å². The van der Waals surface area contributed by atoms with E-state index in [1.54, 1.807) is 18.2 Å². The molecule has 1 rings (SSSR count). The maximum absolute atomic E-state index is 11.8. The summed E-state index contributed by atoms with van der Waals surface area (Å²) in [5.74, 6) is -0.697. The van der Waals surface area contributed by atoms with Crippen LogP contribution < -0.4 is 0 Å². The molecule has 144 valence electrons. The van der Waals surface area contributed by atoms with Crippen molar-refractivity contribution in [2.45, 2.75) is 59.0 Å². The van der Waals surface area contributed by atoms with Crippen LogP contribution in [-0.4, -0.2) is 29.6 Å². The second-order valence-corrected chi connectivity index (χ2v) is 6.42. The van der Waals surface area contributed by atoms with Crippen molar-refractivity contribution in [2.24, 2.45) is 5.92 Å². The molecule has 0 saturated heterocycles. The van der Waals surface area contributed by atoms with Gasteiger partial charge in [-0.25, -0.2) is 0 Å². The quantitative estimate of drug-likeness (QED) is 0.336. The molecular weight excluding hydrogens is 338 g/mol. The van der Waals surface area contributed by atoms with Gasteiger partial charge in [0.1, 0.15) is 6.10 Å². The first kappa shape index (κ1) is 21.6. The number of benzene rings is 1. The number of rotatable bonds is 11. The van der Waals surface area contributed by atoms with Gasteiger partial charge in [0.15, 0.2) is 0 Å². The van der Waals surface area contributed by atoms with Gasteiger partial charge in [-0.3, -0.25) is 19.7 Å². The van der Waals surface area contributed by atoms with Crippen LogP contribution in [0.4, 0.5) is 5.69 Å². The van der Waals surface area contributed by atoms with Crippen LogP contribution in [0.2, 0.25) is 0 Å². The molecular formula is C19H27NO6. The molecule has 7 heteroatoms. The molecule has 1 aromatic carbocycles. The van der Waals surface area contributed by atoms with Crippen LogP contribution in [0.15, 0.2) is 24.3 Å². The maximum Gasteiger partial charge on any atom is 0.306 e. The van der Waals surface area contributed by atoms with Gasteiger partial charge in [-0.05, 0) is 12.3 Å². The molecule has 0 spiro atoms. The second-order valence-electron chi connectivity index (χ2n) is 6.42. The molecule has 0 amide bonds. The van der Waals surface area contributed by atoms with Crippen molar-refractivity contribution in [1.29, 1.82) is 0 Å². The van der Waals surface area contributed by atoms with Crippen molar-refractivity contribution in [2.75, 3.05) is 6.61 Å². The summed E-state index contributed by atoms with van der Waals surface area (Å²) in [6.45, 7) is 6.04. The van der Waals surface area contributed by atoms with Gasteiger partial charge in [-0.2, -0.15) is 0 Å². The SMILES string of the molecule is CCCC(OC(=O)CCC(=O)OCCc1ccccc1[N+](=O)[O-])C(C)C. The predicted molar refractivity (Wildman–Crippen MR) is 96.6 cm³/mol. The summed E-state index contributed by atoms with van der Waals surface area (Å²) in [7, 11) is 0. The average Bonchev–Trinajstić information content (AvgIpc) is 2.59. The smallest absolute Gasteiger partial charge is 0.306 e. The number of hydrogen-bond acceptors (Lipinski definition) is 6. The summed E-state index contributed by atoms with van der Waals surface area (Å²) < 4.78 is 10.5. The first-order valence-corrected chi connectivity index (χ1v) is 8.92.